The summed E-state index contributed by atoms with van der Waals surface area (Å²) in [6.45, 7) is 0.549. The molecule has 1 N–H and O–H groups in total. The summed E-state index contributed by atoms with van der Waals surface area (Å²) >= 11 is 0. The number of carbonyl (C=O) groups excluding carboxylic acids is 1. The molecular weight excluding hydrogens is 412 g/mol. The van der Waals surface area contributed by atoms with Gasteiger partial charge in [-0.05, 0) is 12.5 Å². The summed E-state index contributed by atoms with van der Waals surface area (Å²) in [6, 6.07) is 23.8. The molecule has 7 heteroatoms. The van der Waals surface area contributed by atoms with E-state index in [0.29, 0.717) is 17.9 Å². The van der Waals surface area contributed by atoms with Crippen LogP contribution < -0.4 is 5.32 Å². The van der Waals surface area contributed by atoms with E-state index in [1.807, 2.05) is 84.5 Å². The Morgan fingerprint density at radius 1 is 0.970 bits per heavy atom. The van der Waals surface area contributed by atoms with Crippen LogP contribution in [0.25, 0.3) is 28.2 Å². The summed E-state index contributed by atoms with van der Waals surface area (Å²) < 4.78 is 3.73. The number of carbonyl (C=O) groups is 1. The van der Waals surface area contributed by atoms with Gasteiger partial charge in [0.1, 0.15) is 5.82 Å². The first-order valence-electron chi connectivity index (χ1n) is 10.9. The van der Waals surface area contributed by atoms with E-state index in [-0.39, 0.29) is 5.91 Å². The van der Waals surface area contributed by atoms with Gasteiger partial charge in [0.05, 0.1) is 11.4 Å². The van der Waals surface area contributed by atoms with Gasteiger partial charge in [-0.3, -0.25) is 4.79 Å². The number of rotatable bonds is 7. The zero-order valence-electron chi connectivity index (χ0n) is 18.3. The maximum Gasteiger partial charge on any atom is 0.271 e. The van der Waals surface area contributed by atoms with Crippen LogP contribution in [-0.2, 0) is 13.5 Å². The molecule has 0 bridgehead atoms. The highest BCUT2D eigenvalue weighted by molar-refractivity contribution is 5.93. The lowest BCUT2D eigenvalue weighted by Gasteiger charge is -2.08. The standard InChI is InChI=1S/C26H24N6O/c1-31-16-15-27-24(31)13-8-14-28-26(33)22-18-25-29-21(19-9-4-2-5-10-19)17-23(32(25)30-22)20-11-6-3-7-12-20/h2-7,9-12,15-18H,8,13-14H2,1H3,(H,28,33). The fourth-order valence-corrected chi connectivity index (χ4v) is 3.83. The molecule has 164 valence electrons. The highest BCUT2D eigenvalue weighted by Crippen LogP contribution is 2.26. The SMILES string of the molecule is Cn1ccnc1CCCNC(=O)c1cc2nc(-c3ccccc3)cc(-c3ccccc3)n2n1. The van der Waals surface area contributed by atoms with Crippen molar-refractivity contribution in [3.8, 4) is 22.5 Å². The van der Waals surface area contributed by atoms with Gasteiger partial charge in [0.25, 0.3) is 5.91 Å². The molecule has 0 saturated carbocycles. The second-order valence-electron chi connectivity index (χ2n) is 7.87. The molecule has 3 heterocycles. The lowest BCUT2D eigenvalue weighted by molar-refractivity contribution is 0.0948. The van der Waals surface area contributed by atoms with Crippen molar-refractivity contribution in [1.29, 1.82) is 0 Å². The van der Waals surface area contributed by atoms with E-state index in [9.17, 15) is 4.79 Å². The number of amides is 1. The van der Waals surface area contributed by atoms with Crippen molar-refractivity contribution < 1.29 is 4.79 Å². The number of fused-ring (bicyclic) bond motifs is 1. The Labute approximate surface area is 191 Å². The van der Waals surface area contributed by atoms with Crippen molar-refractivity contribution in [1.82, 2.24) is 29.5 Å². The van der Waals surface area contributed by atoms with Gasteiger partial charge in [-0.2, -0.15) is 5.10 Å². The van der Waals surface area contributed by atoms with E-state index in [4.69, 9.17) is 4.98 Å². The van der Waals surface area contributed by atoms with Crippen molar-refractivity contribution in [2.45, 2.75) is 12.8 Å². The molecule has 0 spiro atoms. The molecule has 1 amide bonds. The third-order valence-corrected chi connectivity index (χ3v) is 5.58. The maximum absolute atomic E-state index is 12.8. The van der Waals surface area contributed by atoms with Gasteiger partial charge in [-0.25, -0.2) is 14.5 Å². The predicted molar refractivity (Wildman–Crippen MR) is 128 cm³/mol. The van der Waals surface area contributed by atoms with Gasteiger partial charge in [-0.15, -0.1) is 0 Å². The van der Waals surface area contributed by atoms with E-state index in [1.165, 1.54) is 0 Å². The minimum atomic E-state index is -0.208. The Morgan fingerprint density at radius 3 is 2.39 bits per heavy atom. The fraction of sp³-hybridized carbons (Fsp3) is 0.154. The molecule has 0 fully saturated rings. The number of imidazole rings is 1. The summed E-state index contributed by atoms with van der Waals surface area (Å²) in [5.74, 6) is 0.794. The first kappa shape index (κ1) is 20.6. The number of hydrogen-bond acceptors (Lipinski definition) is 4. The Bertz CT molecular complexity index is 1390. The first-order chi connectivity index (χ1) is 16.2. The van der Waals surface area contributed by atoms with Crippen LogP contribution in [0.3, 0.4) is 0 Å². The molecule has 0 saturated heterocycles. The van der Waals surface area contributed by atoms with Crippen LogP contribution >= 0.6 is 0 Å². The molecule has 2 aromatic carbocycles. The molecule has 33 heavy (non-hydrogen) atoms. The maximum atomic E-state index is 12.8. The van der Waals surface area contributed by atoms with Gasteiger partial charge < -0.3 is 9.88 Å². The Balaban J connectivity index is 1.42. The number of nitrogens with zero attached hydrogens (tertiary/aromatic N) is 5. The zero-order chi connectivity index (χ0) is 22.6. The fourth-order valence-electron chi connectivity index (χ4n) is 3.83. The zero-order valence-corrected chi connectivity index (χ0v) is 18.3. The topological polar surface area (TPSA) is 77.1 Å². The van der Waals surface area contributed by atoms with E-state index < -0.39 is 0 Å². The van der Waals surface area contributed by atoms with Crippen LogP contribution in [0.4, 0.5) is 0 Å². The van der Waals surface area contributed by atoms with Crippen LogP contribution in [0.1, 0.15) is 22.7 Å². The second kappa shape index (κ2) is 9.08. The number of benzene rings is 2. The summed E-state index contributed by atoms with van der Waals surface area (Å²) in [5, 5.41) is 7.56. The van der Waals surface area contributed by atoms with Crippen molar-refractivity contribution >= 4 is 11.6 Å². The smallest absolute Gasteiger partial charge is 0.271 e. The van der Waals surface area contributed by atoms with Gasteiger partial charge >= 0.3 is 0 Å². The Morgan fingerprint density at radius 2 is 1.70 bits per heavy atom. The van der Waals surface area contributed by atoms with Crippen LogP contribution in [0, 0.1) is 0 Å². The van der Waals surface area contributed by atoms with Gasteiger partial charge in [-0.1, -0.05) is 60.7 Å². The summed E-state index contributed by atoms with van der Waals surface area (Å²) in [4.78, 5) is 21.9. The molecule has 0 aliphatic heterocycles. The van der Waals surface area contributed by atoms with E-state index >= 15 is 0 Å². The second-order valence-corrected chi connectivity index (χ2v) is 7.87. The lowest BCUT2D eigenvalue weighted by Crippen LogP contribution is -2.25. The minimum absolute atomic E-state index is 0.208. The van der Waals surface area contributed by atoms with Crippen molar-refractivity contribution in [2.75, 3.05) is 6.54 Å². The monoisotopic (exact) mass is 436 g/mol. The predicted octanol–water partition coefficient (Wildman–Crippen LogP) is 4.16. The molecule has 7 nitrogen and oxygen atoms in total. The van der Waals surface area contributed by atoms with E-state index in [1.54, 1.807) is 16.8 Å². The largest absolute Gasteiger partial charge is 0.351 e. The van der Waals surface area contributed by atoms with Crippen LogP contribution in [-0.4, -0.2) is 36.6 Å². The van der Waals surface area contributed by atoms with Gasteiger partial charge in [0, 0.05) is 49.6 Å². The summed E-state index contributed by atoms with van der Waals surface area (Å²) in [6.07, 6.45) is 5.31. The highest BCUT2D eigenvalue weighted by atomic mass is 16.1. The number of aryl methyl sites for hydroxylation is 2. The molecule has 3 aromatic heterocycles. The number of hydrogen-bond donors (Lipinski definition) is 1. The molecule has 0 atom stereocenters. The quantitative estimate of drug-likeness (QED) is 0.389. The third kappa shape index (κ3) is 4.39. The molecular formula is C26H24N6O. The highest BCUT2D eigenvalue weighted by Gasteiger charge is 2.16. The van der Waals surface area contributed by atoms with Crippen LogP contribution in [0.5, 0.6) is 0 Å². The molecule has 5 rings (SSSR count). The minimum Gasteiger partial charge on any atom is -0.351 e. The van der Waals surface area contributed by atoms with Crippen molar-refractivity contribution in [3.63, 3.8) is 0 Å². The average molecular weight is 437 g/mol. The van der Waals surface area contributed by atoms with Gasteiger partial charge in [0.15, 0.2) is 11.3 Å². The Kier molecular flexibility index (Phi) is 5.68. The lowest BCUT2D eigenvalue weighted by atomic mass is 10.1. The number of aromatic nitrogens is 5. The Hall–Kier alpha value is -4.26. The normalized spacial score (nSPS) is 11.1. The number of nitrogens with one attached hydrogen (secondary N) is 1. The van der Waals surface area contributed by atoms with Crippen LogP contribution in [0.2, 0.25) is 0 Å². The van der Waals surface area contributed by atoms with E-state index in [2.05, 4.69) is 15.4 Å². The molecule has 5 aromatic rings. The first-order valence-corrected chi connectivity index (χ1v) is 10.9. The summed E-state index contributed by atoms with van der Waals surface area (Å²) in [7, 11) is 1.97. The summed E-state index contributed by atoms with van der Waals surface area (Å²) in [5.41, 5.74) is 4.72. The molecule has 0 unspecified atom stereocenters. The van der Waals surface area contributed by atoms with Gasteiger partial charge in [0.2, 0.25) is 0 Å². The molecule has 0 radical (unpaired) electrons. The van der Waals surface area contributed by atoms with Crippen molar-refractivity contribution in [3.05, 3.63) is 96.7 Å². The molecule has 0 aliphatic rings. The average Bonchev–Trinajstić information content (AvgIpc) is 3.48. The van der Waals surface area contributed by atoms with Crippen LogP contribution in [0.15, 0.2) is 85.2 Å². The molecule has 0 aliphatic carbocycles. The van der Waals surface area contributed by atoms with E-state index in [0.717, 1.165) is 41.2 Å². The van der Waals surface area contributed by atoms with Crippen molar-refractivity contribution in [2.24, 2.45) is 7.05 Å². The third-order valence-electron chi connectivity index (χ3n) is 5.58.